The van der Waals surface area contributed by atoms with Crippen LogP contribution < -0.4 is 4.74 Å². The van der Waals surface area contributed by atoms with Gasteiger partial charge in [0.1, 0.15) is 5.75 Å². The topological polar surface area (TPSA) is 26.3 Å². The molecule has 0 saturated heterocycles. The van der Waals surface area contributed by atoms with Crippen LogP contribution in [0.1, 0.15) is 22.8 Å². The first kappa shape index (κ1) is 10.6. The lowest BCUT2D eigenvalue weighted by molar-refractivity contribution is 0.0942. The van der Waals surface area contributed by atoms with Crippen molar-refractivity contribution in [2.24, 2.45) is 5.92 Å². The Balaban J connectivity index is 2.46. The SMILES string of the molecule is COc1ccc2c(c1)C(=O)C(C)CSC2. The van der Waals surface area contributed by atoms with E-state index in [9.17, 15) is 4.79 Å². The van der Waals surface area contributed by atoms with Gasteiger partial charge in [-0.3, -0.25) is 4.79 Å². The Morgan fingerprint density at radius 1 is 1.47 bits per heavy atom. The maximum Gasteiger partial charge on any atom is 0.166 e. The van der Waals surface area contributed by atoms with Crippen molar-refractivity contribution in [2.45, 2.75) is 12.7 Å². The van der Waals surface area contributed by atoms with Crippen molar-refractivity contribution in [2.75, 3.05) is 12.9 Å². The fraction of sp³-hybridized carbons (Fsp3) is 0.417. The lowest BCUT2D eigenvalue weighted by atomic mass is 9.97. The summed E-state index contributed by atoms with van der Waals surface area (Å²) in [6.45, 7) is 1.99. The van der Waals surface area contributed by atoms with E-state index in [4.69, 9.17) is 4.74 Å². The Labute approximate surface area is 94.0 Å². The van der Waals surface area contributed by atoms with Crippen molar-refractivity contribution in [1.82, 2.24) is 0 Å². The molecule has 0 bridgehead atoms. The normalized spacial score (nSPS) is 20.7. The van der Waals surface area contributed by atoms with Crippen LogP contribution in [0.2, 0.25) is 0 Å². The summed E-state index contributed by atoms with van der Waals surface area (Å²) in [5, 5.41) is 0. The predicted octanol–water partition coefficient (Wildman–Crippen LogP) is 2.76. The molecule has 0 amide bonds. The minimum atomic E-state index is 0.114. The van der Waals surface area contributed by atoms with Crippen molar-refractivity contribution < 1.29 is 9.53 Å². The number of hydrogen-bond acceptors (Lipinski definition) is 3. The molecule has 15 heavy (non-hydrogen) atoms. The van der Waals surface area contributed by atoms with Gasteiger partial charge in [0.25, 0.3) is 0 Å². The number of benzene rings is 1. The largest absolute Gasteiger partial charge is 0.497 e. The number of methoxy groups -OCH3 is 1. The van der Waals surface area contributed by atoms with Crippen LogP contribution >= 0.6 is 11.8 Å². The maximum absolute atomic E-state index is 12.0. The number of ether oxygens (including phenoxy) is 1. The summed E-state index contributed by atoms with van der Waals surface area (Å²) in [7, 11) is 1.63. The predicted molar refractivity (Wildman–Crippen MR) is 62.7 cm³/mol. The minimum absolute atomic E-state index is 0.114. The van der Waals surface area contributed by atoms with Gasteiger partial charge in [-0.2, -0.15) is 11.8 Å². The molecule has 0 spiro atoms. The van der Waals surface area contributed by atoms with Gasteiger partial charge in [-0.1, -0.05) is 13.0 Å². The van der Waals surface area contributed by atoms with E-state index in [2.05, 4.69) is 0 Å². The molecule has 0 fully saturated rings. The molecule has 1 atom stereocenters. The number of hydrogen-bond donors (Lipinski definition) is 0. The van der Waals surface area contributed by atoms with Gasteiger partial charge in [-0.25, -0.2) is 0 Å². The zero-order valence-electron chi connectivity index (χ0n) is 8.95. The van der Waals surface area contributed by atoms with Crippen molar-refractivity contribution in [3.05, 3.63) is 29.3 Å². The van der Waals surface area contributed by atoms with E-state index >= 15 is 0 Å². The zero-order chi connectivity index (χ0) is 10.8. The van der Waals surface area contributed by atoms with E-state index in [1.165, 1.54) is 0 Å². The second-order valence-electron chi connectivity index (χ2n) is 3.80. The van der Waals surface area contributed by atoms with Crippen LogP contribution in [-0.2, 0) is 5.75 Å². The quantitative estimate of drug-likeness (QED) is 0.731. The van der Waals surface area contributed by atoms with Crippen LogP contribution in [0, 0.1) is 5.92 Å². The lowest BCUT2D eigenvalue weighted by Crippen LogP contribution is -2.12. The summed E-state index contributed by atoms with van der Waals surface area (Å²) in [5.41, 5.74) is 1.97. The minimum Gasteiger partial charge on any atom is -0.497 e. The van der Waals surface area contributed by atoms with Crippen molar-refractivity contribution >= 4 is 17.5 Å². The van der Waals surface area contributed by atoms with Crippen molar-refractivity contribution in [3.8, 4) is 5.75 Å². The number of ketones is 1. The first-order chi connectivity index (χ1) is 7.22. The van der Waals surface area contributed by atoms with Crippen LogP contribution in [0.3, 0.4) is 0 Å². The molecule has 0 aliphatic carbocycles. The first-order valence-corrected chi connectivity index (χ1v) is 6.16. The second kappa shape index (κ2) is 4.27. The molecule has 1 aromatic carbocycles. The van der Waals surface area contributed by atoms with Crippen molar-refractivity contribution in [1.29, 1.82) is 0 Å². The summed E-state index contributed by atoms with van der Waals surface area (Å²) in [6.07, 6.45) is 0. The summed E-state index contributed by atoms with van der Waals surface area (Å²) < 4.78 is 5.15. The monoisotopic (exact) mass is 222 g/mol. The number of carbonyl (C=O) groups excluding carboxylic acids is 1. The number of thioether (sulfide) groups is 1. The number of Topliss-reactive ketones (excluding diaryl/α,β-unsaturated/α-hetero) is 1. The van der Waals surface area contributed by atoms with Crippen LogP contribution in [0.5, 0.6) is 5.75 Å². The van der Waals surface area contributed by atoms with E-state index in [-0.39, 0.29) is 11.7 Å². The van der Waals surface area contributed by atoms with E-state index in [0.29, 0.717) is 0 Å². The zero-order valence-corrected chi connectivity index (χ0v) is 9.76. The molecule has 1 unspecified atom stereocenters. The molecule has 1 aliphatic heterocycles. The van der Waals surface area contributed by atoms with E-state index in [0.717, 1.165) is 28.4 Å². The highest BCUT2D eigenvalue weighted by molar-refractivity contribution is 7.98. The third kappa shape index (κ3) is 2.02. The highest BCUT2D eigenvalue weighted by atomic mass is 32.2. The lowest BCUT2D eigenvalue weighted by Gasteiger charge is -2.08. The fourth-order valence-corrected chi connectivity index (χ4v) is 2.82. The fourth-order valence-electron chi connectivity index (χ4n) is 1.72. The van der Waals surface area contributed by atoms with E-state index in [1.54, 1.807) is 7.11 Å². The molecule has 1 aromatic rings. The van der Waals surface area contributed by atoms with Crippen molar-refractivity contribution in [3.63, 3.8) is 0 Å². The Kier molecular flexibility index (Phi) is 3.00. The van der Waals surface area contributed by atoms with Crippen LogP contribution in [0.15, 0.2) is 18.2 Å². The van der Waals surface area contributed by atoms with E-state index < -0.39 is 0 Å². The first-order valence-electron chi connectivity index (χ1n) is 5.01. The molecule has 80 valence electrons. The molecule has 0 radical (unpaired) electrons. The van der Waals surface area contributed by atoms with Gasteiger partial charge in [0.05, 0.1) is 7.11 Å². The molecule has 0 saturated carbocycles. The Morgan fingerprint density at radius 3 is 3.00 bits per heavy atom. The van der Waals surface area contributed by atoms with Gasteiger partial charge >= 0.3 is 0 Å². The molecule has 1 aliphatic rings. The standard InChI is InChI=1S/C12H14O2S/c1-8-6-15-7-9-3-4-10(14-2)5-11(9)12(8)13/h3-5,8H,6-7H2,1-2H3. The Bertz CT molecular complexity index is 387. The third-order valence-corrected chi connectivity index (χ3v) is 3.91. The molecule has 2 nitrogen and oxygen atoms in total. The number of rotatable bonds is 1. The third-order valence-electron chi connectivity index (χ3n) is 2.66. The van der Waals surface area contributed by atoms with Crippen LogP contribution in [0.4, 0.5) is 0 Å². The maximum atomic E-state index is 12.0. The van der Waals surface area contributed by atoms with Gasteiger partial charge in [0.15, 0.2) is 5.78 Å². The van der Waals surface area contributed by atoms with Gasteiger partial charge in [0, 0.05) is 23.0 Å². The van der Waals surface area contributed by atoms with E-state index in [1.807, 2.05) is 36.9 Å². The van der Waals surface area contributed by atoms with Gasteiger partial charge in [0.2, 0.25) is 0 Å². The number of fused-ring (bicyclic) bond motifs is 1. The average Bonchev–Trinajstić information content (AvgIpc) is 2.40. The smallest absolute Gasteiger partial charge is 0.166 e. The summed E-state index contributed by atoms with van der Waals surface area (Å²) in [5.74, 6) is 2.96. The van der Waals surface area contributed by atoms with Gasteiger partial charge in [-0.05, 0) is 17.7 Å². The molecule has 3 heteroatoms. The van der Waals surface area contributed by atoms with Crippen LogP contribution in [0.25, 0.3) is 0 Å². The van der Waals surface area contributed by atoms with Gasteiger partial charge < -0.3 is 4.74 Å². The average molecular weight is 222 g/mol. The summed E-state index contributed by atoms with van der Waals surface area (Å²) >= 11 is 1.82. The molecular weight excluding hydrogens is 208 g/mol. The highest BCUT2D eigenvalue weighted by Gasteiger charge is 2.22. The second-order valence-corrected chi connectivity index (χ2v) is 4.83. The molecule has 1 heterocycles. The Morgan fingerprint density at radius 2 is 2.27 bits per heavy atom. The Hall–Kier alpha value is -0.960. The summed E-state index contributed by atoms with van der Waals surface area (Å²) in [4.78, 5) is 12.0. The molecular formula is C12H14O2S. The summed E-state index contributed by atoms with van der Waals surface area (Å²) in [6, 6.07) is 5.78. The van der Waals surface area contributed by atoms with Gasteiger partial charge in [-0.15, -0.1) is 0 Å². The number of carbonyl (C=O) groups is 1. The highest BCUT2D eigenvalue weighted by Crippen LogP contribution is 2.29. The molecule has 2 rings (SSSR count). The molecule has 0 aromatic heterocycles. The molecule has 0 N–H and O–H groups in total. The van der Waals surface area contributed by atoms with Crippen LogP contribution in [-0.4, -0.2) is 18.6 Å².